The molecule has 0 radical (unpaired) electrons. The zero-order valence-electron chi connectivity index (χ0n) is 15.1. The largest absolute Gasteiger partial charge is 0.318 e. The molecule has 2 aliphatic heterocycles. The molecule has 6 nitrogen and oxygen atoms in total. The number of carbonyl (C=O) groups excluding carboxylic acids is 1. The Morgan fingerprint density at radius 3 is 2.64 bits per heavy atom. The van der Waals surface area contributed by atoms with Gasteiger partial charge in [0.2, 0.25) is 5.96 Å². The van der Waals surface area contributed by atoms with E-state index in [1.807, 2.05) is 29.7 Å². The molecule has 2 aliphatic rings. The highest BCUT2D eigenvalue weighted by Crippen LogP contribution is 2.33. The van der Waals surface area contributed by atoms with Crippen LogP contribution >= 0.6 is 0 Å². The molecule has 0 saturated carbocycles. The SMILES string of the molecule is Cc1nc2c(n1Cc1ccccc1)C(=O)N(C)C1=N[C@H](C(C)C)CN12. The third-order valence-corrected chi connectivity index (χ3v) is 5.05. The zero-order valence-corrected chi connectivity index (χ0v) is 15.1. The average molecular weight is 337 g/mol. The third kappa shape index (κ3) is 2.44. The van der Waals surface area contributed by atoms with E-state index in [9.17, 15) is 4.79 Å². The Hall–Kier alpha value is -2.63. The second-order valence-corrected chi connectivity index (χ2v) is 7.12. The highest BCUT2D eigenvalue weighted by Gasteiger charge is 2.42. The summed E-state index contributed by atoms with van der Waals surface area (Å²) in [5, 5.41) is 0. The molecular formula is C19H23N5O. The first-order valence-electron chi connectivity index (χ1n) is 8.71. The van der Waals surface area contributed by atoms with Crippen molar-refractivity contribution in [2.75, 3.05) is 18.5 Å². The Morgan fingerprint density at radius 2 is 1.96 bits per heavy atom. The van der Waals surface area contributed by atoms with E-state index in [1.165, 1.54) is 0 Å². The zero-order chi connectivity index (χ0) is 17.7. The van der Waals surface area contributed by atoms with Crippen molar-refractivity contribution in [3.8, 4) is 0 Å². The molecule has 1 aromatic heterocycles. The molecular weight excluding hydrogens is 314 g/mol. The molecule has 6 heteroatoms. The van der Waals surface area contributed by atoms with Crippen LogP contribution in [0.15, 0.2) is 35.3 Å². The van der Waals surface area contributed by atoms with Crippen molar-refractivity contribution in [2.45, 2.75) is 33.4 Å². The number of hydrogen-bond donors (Lipinski definition) is 0. The summed E-state index contributed by atoms with van der Waals surface area (Å²) in [6.45, 7) is 7.70. The van der Waals surface area contributed by atoms with E-state index in [2.05, 4.69) is 30.9 Å². The molecule has 1 aromatic carbocycles. The number of hydrogen-bond acceptors (Lipinski definition) is 4. The van der Waals surface area contributed by atoms with Crippen LogP contribution in [0, 0.1) is 12.8 Å². The van der Waals surface area contributed by atoms with Gasteiger partial charge in [0.1, 0.15) is 5.82 Å². The van der Waals surface area contributed by atoms with E-state index in [-0.39, 0.29) is 11.9 Å². The number of nitrogens with zero attached hydrogens (tertiary/aromatic N) is 5. The molecule has 25 heavy (non-hydrogen) atoms. The fraction of sp³-hybridized carbons (Fsp3) is 0.421. The number of aromatic nitrogens is 2. The van der Waals surface area contributed by atoms with E-state index in [1.54, 1.807) is 11.9 Å². The van der Waals surface area contributed by atoms with Crippen LogP contribution in [0.1, 0.15) is 35.7 Å². The van der Waals surface area contributed by atoms with E-state index in [0.29, 0.717) is 18.2 Å². The number of fused-ring (bicyclic) bond motifs is 3. The van der Waals surface area contributed by atoms with E-state index in [4.69, 9.17) is 9.98 Å². The van der Waals surface area contributed by atoms with Crippen molar-refractivity contribution >= 4 is 17.7 Å². The predicted octanol–water partition coefficient (Wildman–Crippen LogP) is 2.53. The van der Waals surface area contributed by atoms with Crippen LogP contribution in [0.25, 0.3) is 0 Å². The van der Waals surface area contributed by atoms with Gasteiger partial charge in [0.25, 0.3) is 5.91 Å². The van der Waals surface area contributed by atoms with Crippen molar-refractivity contribution in [1.29, 1.82) is 0 Å². The molecule has 0 bridgehead atoms. The lowest BCUT2D eigenvalue weighted by atomic mass is 10.1. The third-order valence-electron chi connectivity index (χ3n) is 5.05. The number of anilines is 1. The van der Waals surface area contributed by atoms with Gasteiger partial charge in [-0.15, -0.1) is 0 Å². The number of amides is 1. The second-order valence-electron chi connectivity index (χ2n) is 7.12. The van der Waals surface area contributed by atoms with Gasteiger partial charge in [0.15, 0.2) is 11.5 Å². The molecule has 4 rings (SSSR count). The van der Waals surface area contributed by atoms with Crippen molar-refractivity contribution in [2.24, 2.45) is 10.9 Å². The van der Waals surface area contributed by atoms with Crippen molar-refractivity contribution in [3.63, 3.8) is 0 Å². The highest BCUT2D eigenvalue weighted by molar-refractivity contribution is 6.17. The van der Waals surface area contributed by atoms with Gasteiger partial charge in [-0.05, 0) is 18.4 Å². The van der Waals surface area contributed by atoms with Gasteiger partial charge in [-0.25, -0.2) is 9.98 Å². The van der Waals surface area contributed by atoms with Crippen molar-refractivity contribution in [3.05, 3.63) is 47.4 Å². The lowest BCUT2D eigenvalue weighted by molar-refractivity contribution is 0.0855. The van der Waals surface area contributed by atoms with Crippen LogP contribution in [0.5, 0.6) is 0 Å². The Kier molecular flexibility index (Phi) is 3.63. The average Bonchev–Trinajstić information content (AvgIpc) is 3.17. The summed E-state index contributed by atoms with van der Waals surface area (Å²) in [6, 6.07) is 10.4. The number of carbonyl (C=O) groups is 1. The van der Waals surface area contributed by atoms with Crippen LogP contribution in [-0.2, 0) is 6.54 Å². The van der Waals surface area contributed by atoms with Crippen molar-refractivity contribution in [1.82, 2.24) is 14.5 Å². The van der Waals surface area contributed by atoms with Gasteiger partial charge in [-0.2, -0.15) is 0 Å². The molecule has 0 N–H and O–H groups in total. The number of aliphatic imine (C=N–C) groups is 1. The molecule has 1 atom stereocenters. The summed E-state index contributed by atoms with van der Waals surface area (Å²) in [5.74, 6) is 2.72. The number of guanidine groups is 1. The van der Waals surface area contributed by atoms with Gasteiger partial charge in [0, 0.05) is 13.6 Å². The first-order valence-corrected chi connectivity index (χ1v) is 8.71. The van der Waals surface area contributed by atoms with Gasteiger partial charge in [-0.1, -0.05) is 44.2 Å². The quantitative estimate of drug-likeness (QED) is 0.865. The maximum Gasteiger partial charge on any atom is 0.280 e. The normalized spacial score (nSPS) is 19.3. The van der Waals surface area contributed by atoms with Crippen LogP contribution in [-0.4, -0.2) is 46.0 Å². The number of benzene rings is 1. The molecule has 0 fully saturated rings. The molecule has 1 amide bonds. The maximum atomic E-state index is 13.0. The Bertz CT molecular complexity index is 852. The lowest BCUT2D eigenvalue weighted by Crippen LogP contribution is -2.49. The van der Waals surface area contributed by atoms with E-state index < -0.39 is 0 Å². The molecule has 0 spiro atoms. The molecule has 130 valence electrons. The Labute approximate surface area is 147 Å². The Balaban J connectivity index is 1.78. The number of rotatable bonds is 3. The van der Waals surface area contributed by atoms with E-state index >= 15 is 0 Å². The summed E-state index contributed by atoms with van der Waals surface area (Å²) in [7, 11) is 1.80. The number of imidazole rings is 1. The minimum Gasteiger partial charge on any atom is -0.318 e. The minimum atomic E-state index is -0.0362. The van der Waals surface area contributed by atoms with Gasteiger partial charge < -0.3 is 4.57 Å². The second kappa shape index (κ2) is 5.72. The summed E-state index contributed by atoms with van der Waals surface area (Å²) >= 11 is 0. The highest BCUT2D eigenvalue weighted by atomic mass is 16.2. The summed E-state index contributed by atoms with van der Waals surface area (Å²) in [5.41, 5.74) is 1.81. The summed E-state index contributed by atoms with van der Waals surface area (Å²) < 4.78 is 2.02. The van der Waals surface area contributed by atoms with Crippen LogP contribution < -0.4 is 4.90 Å². The fourth-order valence-electron chi connectivity index (χ4n) is 3.49. The van der Waals surface area contributed by atoms with Crippen LogP contribution in [0.2, 0.25) is 0 Å². The van der Waals surface area contributed by atoms with Crippen molar-refractivity contribution < 1.29 is 4.79 Å². The summed E-state index contributed by atoms with van der Waals surface area (Å²) in [4.78, 5) is 26.3. The van der Waals surface area contributed by atoms with Gasteiger partial charge >= 0.3 is 0 Å². The molecule has 0 saturated heterocycles. The minimum absolute atomic E-state index is 0.0362. The van der Waals surface area contributed by atoms with Gasteiger partial charge in [0.05, 0.1) is 12.6 Å². The maximum absolute atomic E-state index is 13.0. The fourth-order valence-corrected chi connectivity index (χ4v) is 3.49. The van der Waals surface area contributed by atoms with Crippen LogP contribution in [0.3, 0.4) is 0 Å². The van der Waals surface area contributed by atoms with Gasteiger partial charge in [-0.3, -0.25) is 14.6 Å². The van der Waals surface area contributed by atoms with E-state index in [0.717, 1.165) is 29.7 Å². The van der Waals surface area contributed by atoms with Crippen LogP contribution in [0.4, 0.5) is 5.82 Å². The molecule has 0 unspecified atom stereocenters. The molecule has 0 aliphatic carbocycles. The topological polar surface area (TPSA) is 53.7 Å². The Morgan fingerprint density at radius 1 is 1.24 bits per heavy atom. The molecule has 3 heterocycles. The first-order chi connectivity index (χ1) is 12.0. The smallest absolute Gasteiger partial charge is 0.280 e. The lowest BCUT2D eigenvalue weighted by Gasteiger charge is -2.31. The standard InChI is InChI=1S/C19H23N5O/c1-12(2)15-11-24-17-16(18(25)22(4)19(24)21-15)23(13(3)20-17)10-14-8-6-5-7-9-14/h5-9,12,15H,10-11H2,1-4H3/t15-/m0/s1. The summed E-state index contributed by atoms with van der Waals surface area (Å²) in [6.07, 6.45) is 0. The number of aryl methyl sites for hydroxylation is 1. The first kappa shape index (κ1) is 15.9. The predicted molar refractivity (Wildman–Crippen MR) is 98.0 cm³/mol. The monoisotopic (exact) mass is 337 g/mol. The molecule has 2 aromatic rings.